The van der Waals surface area contributed by atoms with Crippen LogP contribution in [0.2, 0.25) is 0 Å². The molecule has 4 nitrogen and oxygen atoms in total. The number of fused-ring (bicyclic) bond motifs is 1. The highest BCUT2D eigenvalue weighted by atomic mass is 32.1. The number of thiophene rings is 1. The lowest BCUT2D eigenvalue weighted by Gasteiger charge is -2.39. The smallest absolute Gasteiger partial charge is 0.264 e. The van der Waals surface area contributed by atoms with Gasteiger partial charge in [0.15, 0.2) is 0 Å². The predicted octanol–water partition coefficient (Wildman–Crippen LogP) is 1.03. The van der Waals surface area contributed by atoms with E-state index in [1.807, 2.05) is 6.07 Å². The zero-order valence-corrected chi connectivity index (χ0v) is 10.3. The lowest BCUT2D eigenvalue weighted by atomic mass is 10.0. The fourth-order valence-corrected chi connectivity index (χ4v) is 3.40. The molecule has 3 rings (SSSR count). The Morgan fingerprint density at radius 1 is 1.65 bits per heavy atom. The van der Waals surface area contributed by atoms with E-state index in [0.29, 0.717) is 6.61 Å². The maximum Gasteiger partial charge on any atom is 0.264 e. The Labute approximate surface area is 104 Å². The van der Waals surface area contributed by atoms with Crippen LogP contribution in [0.15, 0.2) is 6.07 Å². The topological polar surface area (TPSA) is 49.8 Å². The number of carbonyl (C=O) groups excluding carboxylic acids is 1. The third-order valence-electron chi connectivity index (χ3n) is 3.45. The number of likely N-dealkylation sites (tertiary alicyclic amines) is 1. The van der Waals surface area contributed by atoms with Crippen LogP contribution in [0.5, 0.6) is 0 Å². The van der Waals surface area contributed by atoms with Crippen molar-refractivity contribution in [3.05, 3.63) is 21.4 Å². The first kappa shape index (κ1) is 11.2. The molecule has 1 aromatic rings. The zero-order valence-electron chi connectivity index (χ0n) is 9.52. The van der Waals surface area contributed by atoms with Gasteiger partial charge in [-0.05, 0) is 18.1 Å². The number of amides is 1. The van der Waals surface area contributed by atoms with Crippen LogP contribution >= 0.6 is 11.3 Å². The largest absolute Gasteiger partial charge is 0.394 e. The van der Waals surface area contributed by atoms with Gasteiger partial charge in [-0.3, -0.25) is 4.79 Å². The summed E-state index contributed by atoms with van der Waals surface area (Å²) in [4.78, 5) is 16.0. The third kappa shape index (κ3) is 1.88. The average molecular weight is 253 g/mol. The minimum Gasteiger partial charge on any atom is -0.394 e. The van der Waals surface area contributed by atoms with E-state index < -0.39 is 0 Å². The molecule has 1 atom stereocenters. The number of hydrogen-bond donors (Lipinski definition) is 1. The molecule has 1 unspecified atom stereocenters. The highest BCUT2D eigenvalue weighted by Crippen LogP contribution is 2.30. The van der Waals surface area contributed by atoms with E-state index in [0.717, 1.165) is 36.4 Å². The Morgan fingerprint density at radius 3 is 3.18 bits per heavy atom. The summed E-state index contributed by atoms with van der Waals surface area (Å²) < 4.78 is 5.37. The van der Waals surface area contributed by atoms with E-state index in [-0.39, 0.29) is 18.6 Å². The summed E-state index contributed by atoms with van der Waals surface area (Å²) >= 11 is 1.58. The molecule has 2 aliphatic rings. The molecule has 1 N–H and O–H groups in total. The predicted molar refractivity (Wildman–Crippen MR) is 64.2 cm³/mol. The molecule has 92 valence electrons. The van der Waals surface area contributed by atoms with Crippen LogP contribution in [0.1, 0.15) is 26.5 Å². The van der Waals surface area contributed by atoms with E-state index in [4.69, 9.17) is 9.84 Å². The van der Waals surface area contributed by atoms with Crippen molar-refractivity contribution in [1.29, 1.82) is 0 Å². The molecule has 0 radical (unpaired) electrons. The average Bonchev–Trinajstić information content (AvgIpc) is 2.71. The van der Waals surface area contributed by atoms with Crippen LogP contribution < -0.4 is 0 Å². The van der Waals surface area contributed by atoms with Gasteiger partial charge in [-0.2, -0.15) is 0 Å². The molecular formula is C12H15NO3S. The highest BCUT2D eigenvalue weighted by Gasteiger charge is 2.33. The van der Waals surface area contributed by atoms with Gasteiger partial charge in [-0.25, -0.2) is 0 Å². The molecule has 1 amide bonds. The first-order chi connectivity index (χ1) is 8.29. The Balaban J connectivity index is 1.79. The highest BCUT2D eigenvalue weighted by molar-refractivity contribution is 7.14. The van der Waals surface area contributed by atoms with Crippen molar-refractivity contribution in [3.63, 3.8) is 0 Å². The van der Waals surface area contributed by atoms with Gasteiger partial charge in [-0.1, -0.05) is 0 Å². The fourth-order valence-electron chi connectivity index (χ4n) is 2.29. The van der Waals surface area contributed by atoms with Gasteiger partial charge in [0.05, 0.1) is 30.7 Å². The van der Waals surface area contributed by atoms with Gasteiger partial charge in [0.2, 0.25) is 0 Å². The SMILES string of the molecule is O=C(c1cc2c(s1)CCOC2)N1CCC1CO. The van der Waals surface area contributed by atoms with Crippen LogP contribution in [0.3, 0.4) is 0 Å². The molecule has 0 aromatic carbocycles. The fraction of sp³-hybridized carbons (Fsp3) is 0.583. The molecule has 0 saturated carbocycles. The quantitative estimate of drug-likeness (QED) is 0.856. The lowest BCUT2D eigenvalue weighted by Crippen LogP contribution is -2.52. The van der Waals surface area contributed by atoms with Crippen molar-refractivity contribution in [2.45, 2.75) is 25.5 Å². The second kappa shape index (κ2) is 4.40. The minimum atomic E-state index is 0.0258. The van der Waals surface area contributed by atoms with Crippen molar-refractivity contribution in [1.82, 2.24) is 4.90 Å². The van der Waals surface area contributed by atoms with E-state index in [1.165, 1.54) is 4.88 Å². The summed E-state index contributed by atoms with van der Waals surface area (Å²) in [5, 5.41) is 9.10. The van der Waals surface area contributed by atoms with Crippen LogP contribution in [-0.2, 0) is 17.8 Å². The van der Waals surface area contributed by atoms with Gasteiger partial charge < -0.3 is 14.7 Å². The standard InChI is InChI=1S/C12H15NO3S/c14-6-9-1-3-13(9)12(15)11-5-8-7-16-4-2-10(8)17-11/h5,9,14H,1-4,6-7H2. The first-order valence-corrected chi connectivity index (χ1v) is 6.72. The Hall–Kier alpha value is -0.910. The maximum atomic E-state index is 12.2. The molecule has 1 fully saturated rings. The van der Waals surface area contributed by atoms with Crippen molar-refractivity contribution < 1.29 is 14.6 Å². The van der Waals surface area contributed by atoms with Crippen LogP contribution in [-0.4, -0.2) is 41.7 Å². The van der Waals surface area contributed by atoms with Crippen molar-refractivity contribution >= 4 is 17.2 Å². The van der Waals surface area contributed by atoms with Crippen molar-refractivity contribution in [2.24, 2.45) is 0 Å². The number of rotatable bonds is 2. The summed E-state index contributed by atoms with van der Waals surface area (Å²) in [6.07, 6.45) is 1.83. The molecule has 0 bridgehead atoms. The number of aliphatic hydroxyl groups is 1. The number of hydrogen-bond acceptors (Lipinski definition) is 4. The molecule has 0 spiro atoms. The monoisotopic (exact) mass is 253 g/mol. The molecule has 1 saturated heterocycles. The summed E-state index contributed by atoms with van der Waals surface area (Å²) in [7, 11) is 0. The second-order valence-electron chi connectivity index (χ2n) is 4.49. The van der Waals surface area contributed by atoms with Crippen LogP contribution in [0, 0.1) is 0 Å². The Kier molecular flexibility index (Phi) is 2.90. The van der Waals surface area contributed by atoms with E-state index in [9.17, 15) is 4.79 Å². The number of carbonyl (C=O) groups is 1. The van der Waals surface area contributed by atoms with Crippen molar-refractivity contribution in [3.8, 4) is 0 Å². The van der Waals surface area contributed by atoms with Gasteiger partial charge >= 0.3 is 0 Å². The van der Waals surface area contributed by atoms with Crippen LogP contribution in [0.25, 0.3) is 0 Å². The molecule has 5 heteroatoms. The molecule has 3 heterocycles. The minimum absolute atomic E-state index is 0.0258. The maximum absolute atomic E-state index is 12.2. The lowest BCUT2D eigenvalue weighted by molar-refractivity contribution is 0.0300. The molecule has 17 heavy (non-hydrogen) atoms. The van der Waals surface area contributed by atoms with Crippen LogP contribution in [0.4, 0.5) is 0 Å². The van der Waals surface area contributed by atoms with Gasteiger partial charge in [0.25, 0.3) is 5.91 Å². The Morgan fingerprint density at radius 2 is 2.53 bits per heavy atom. The summed E-state index contributed by atoms with van der Waals surface area (Å²) in [5.74, 6) is 0.0645. The zero-order chi connectivity index (χ0) is 11.8. The summed E-state index contributed by atoms with van der Waals surface area (Å²) in [6.45, 7) is 2.22. The van der Waals surface area contributed by atoms with Crippen molar-refractivity contribution in [2.75, 3.05) is 19.8 Å². The number of ether oxygens (including phenoxy) is 1. The third-order valence-corrected chi connectivity index (χ3v) is 4.68. The normalized spacial score (nSPS) is 23.1. The van der Waals surface area contributed by atoms with E-state index >= 15 is 0 Å². The van der Waals surface area contributed by atoms with E-state index in [1.54, 1.807) is 16.2 Å². The summed E-state index contributed by atoms with van der Waals surface area (Å²) in [5.41, 5.74) is 1.16. The number of nitrogens with zero attached hydrogens (tertiary/aromatic N) is 1. The summed E-state index contributed by atoms with van der Waals surface area (Å²) in [6, 6.07) is 1.98. The van der Waals surface area contributed by atoms with Gasteiger partial charge in [0, 0.05) is 17.8 Å². The first-order valence-electron chi connectivity index (χ1n) is 5.90. The van der Waals surface area contributed by atoms with Gasteiger partial charge in [-0.15, -0.1) is 11.3 Å². The second-order valence-corrected chi connectivity index (χ2v) is 5.62. The molecular weight excluding hydrogens is 238 g/mol. The molecule has 1 aromatic heterocycles. The number of aliphatic hydroxyl groups excluding tert-OH is 1. The molecule has 2 aliphatic heterocycles. The van der Waals surface area contributed by atoms with Gasteiger partial charge in [0.1, 0.15) is 0 Å². The van der Waals surface area contributed by atoms with E-state index in [2.05, 4.69) is 0 Å². The Bertz CT molecular complexity index is 417. The molecule has 0 aliphatic carbocycles.